The quantitative estimate of drug-likeness (QED) is 0.320. The first-order valence-corrected chi connectivity index (χ1v) is 14.8. The maximum Gasteiger partial charge on any atom is 0.315 e. The molecule has 2 aliphatic rings. The Morgan fingerprint density at radius 2 is 1.74 bits per heavy atom. The van der Waals surface area contributed by atoms with Crippen molar-refractivity contribution in [2.75, 3.05) is 33.7 Å². The number of para-hydroxylation sites is 1. The highest BCUT2D eigenvalue weighted by Crippen LogP contribution is 2.46. The van der Waals surface area contributed by atoms with E-state index in [0.717, 1.165) is 48.6 Å². The van der Waals surface area contributed by atoms with Crippen LogP contribution in [-0.4, -0.2) is 78.4 Å². The number of benzene rings is 2. The maximum absolute atomic E-state index is 14.0. The zero-order valence-electron chi connectivity index (χ0n) is 25.6. The number of amides is 4. The van der Waals surface area contributed by atoms with Gasteiger partial charge in [-0.2, -0.15) is 0 Å². The Kier molecular flexibility index (Phi) is 9.61. The third-order valence-electron chi connectivity index (χ3n) is 8.57. The number of carbonyl (C=O) groups is 3. The summed E-state index contributed by atoms with van der Waals surface area (Å²) in [5.41, 5.74) is 10.6. The second-order valence-electron chi connectivity index (χ2n) is 12.7. The van der Waals surface area contributed by atoms with Crippen molar-refractivity contribution in [3.05, 3.63) is 71.4 Å². The molecular weight excluding hydrogens is 528 g/mol. The molecule has 0 bridgehead atoms. The van der Waals surface area contributed by atoms with E-state index in [9.17, 15) is 14.4 Å². The molecule has 1 aliphatic carbocycles. The average molecular weight is 575 g/mol. The van der Waals surface area contributed by atoms with E-state index in [4.69, 9.17) is 5.73 Å². The lowest BCUT2D eigenvalue weighted by molar-refractivity contribution is -0.135. The first kappa shape index (κ1) is 31.1. The molecule has 4 amide bonds. The van der Waals surface area contributed by atoms with Crippen molar-refractivity contribution in [2.24, 2.45) is 5.73 Å². The van der Waals surface area contributed by atoms with Crippen LogP contribution in [0.4, 0.5) is 4.79 Å². The normalized spacial score (nSPS) is 17.0. The molecule has 1 aliphatic heterocycles. The number of carbonyl (C=O) groups excluding carboxylic acids is 3. The number of hydrogen-bond donors (Lipinski definition) is 4. The fourth-order valence-electron chi connectivity index (χ4n) is 6.19. The SMILES string of the molecule is CN(C)C=O.C[C@H](c1c[nH]c2ccccc12)C(NC(=O)NCC(C)(C)N)C(=O)N1CCC2(CCc3ccccc32)CC1. The molecule has 226 valence electrons. The Labute approximate surface area is 249 Å². The topological polar surface area (TPSA) is 124 Å². The number of aromatic amines is 1. The van der Waals surface area contributed by atoms with Crippen LogP contribution in [0.25, 0.3) is 10.9 Å². The van der Waals surface area contributed by atoms with Crippen LogP contribution in [0, 0.1) is 0 Å². The van der Waals surface area contributed by atoms with Crippen molar-refractivity contribution in [1.29, 1.82) is 0 Å². The highest BCUT2D eigenvalue weighted by atomic mass is 16.2. The van der Waals surface area contributed by atoms with E-state index in [1.807, 2.05) is 50.1 Å². The monoisotopic (exact) mass is 574 g/mol. The summed E-state index contributed by atoms with van der Waals surface area (Å²) in [7, 11) is 3.38. The molecule has 1 fully saturated rings. The highest BCUT2D eigenvalue weighted by molar-refractivity contribution is 5.90. The maximum atomic E-state index is 14.0. The van der Waals surface area contributed by atoms with Crippen LogP contribution in [0.3, 0.4) is 0 Å². The summed E-state index contributed by atoms with van der Waals surface area (Å²) >= 11 is 0. The van der Waals surface area contributed by atoms with Gasteiger partial charge in [0.15, 0.2) is 0 Å². The number of likely N-dealkylation sites (tertiary alicyclic amines) is 1. The minimum absolute atomic E-state index is 0.0268. The summed E-state index contributed by atoms with van der Waals surface area (Å²) in [4.78, 5) is 43.1. The van der Waals surface area contributed by atoms with Gasteiger partial charge in [-0.1, -0.05) is 49.4 Å². The van der Waals surface area contributed by atoms with Gasteiger partial charge in [0, 0.05) is 62.3 Å². The Bertz CT molecular complexity index is 1380. The third kappa shape index (κ3) is 7.13. The summed E-state index contributed by atoms with van der Waals surface area (Å²) < 4.78 is 0. The number of rotatable bonds is 7. The molecule has 9 nitrogen and oxygen atoms in total. The lowest BCUT2D eigenvalue weighted by Crippen LogP contribution is -2.57. The number of H-pyrrole nitrogens is 1. The van der Waals surface area contributed by atoms with Crippen molar-refractivity contribution in [1.82, 2.24) is 25.4 Å². The zero-order valence-corrected chi connectivity index (χ0v) is 25.6. The Balaban J connectivity index is 0.000000748. The fraction of sp³-hybridized carbons (Fsp3) is 0.485. The number of fused-ring (bicyclic) bond motifs is 3. The van der Waals surface area contributed by atoms with Crippen molar-refractivity contribution in [3.63, 3.8) is 0 Å². The molecule has 42 heavy (non-hydrogen) atoms. The van der Waals surface area contributed by atoms with Gasteiger partial charge in [-0.25, -0.2) is 4.79 Å². The molecule has 2 atom stereocenters. The molecule has 1 spiro atoms. The van der Waals surface area contributed by atoms with Crippen molar-refractivity contribution >= 4 is 29.3 Å². The van der Waals surface area contributed by atoms with Gasteiger partial charge in [0.2, 0.25) is 12.3 Å². The second kappa shape index (κ2) is 13.0. The van der Waals surface area contributed by atoms with Crippen LogP contribution < -0.4 is 16.4 Å². The smallest absolute Gasteiger partial charge is 0.315 e. The van der Waals surface area contributed by atoms with Crippen LogP contribution in [0.5, 0.6) is 0 Å². The number of urea groups is 1. The summed E-state index contributed by atoms with van der Waals surface area (Å²) in [5, 5.41) is 6.92. The Morgan fingerprint density at radius 3 is 2.40 bits per heavy atom. The number of hydrogen-bond acceptors (Lipinski definition) is 4. The lowest BCUT2D eigenvalue weighted by atomic mass is 9.73. The predicted molar refractivity (Wildman–Crippen MR) is 167 cm³/mol. The first-order valence-electron chi connectivity index (χ1n) is 14.8. The van der Waals surface area contributed by atoms with Gasteiger partial charge in [0.05, 0.1) is 0 Å². The van der Waals surface area contributed by atoms with E-state index < -0.39 is 11.6 Å². The lowest BCUT2D eigenvalue weighted by Gasteiger charge is -2.42. The minimum Gasteiger partial charge on any atom is -0.361 e. The number of nitrogens with one attached hydrogen (secondary N) is 3. The predicted octanol–water partition coefficient (Wildman–Crippen LogP) is 3.89. The Hall–Kier alpha value is -3.85. The molecule has 2 heterocycles. The van der Waals surface area contributed by atoms with E-state index in [1.165, 1.54) is 16.0 Å². The molecule has 9 heteroatoms. The zero-order chi connectivity index (χ0) is 30.5. The van der Waals surface area contributed by atoms with E-state index in [2.05, 4.69) is 45.9 Å². The van der Waals surface area contributed by atoms with Gasteiger partial charge in [-0.3, -0.25) is 9.59 Å². The molecule has 5 rings (SSSR count). The number of nitrogens with zero attached hydrogens (tertiary/aromatic N) is 2. The van der Waals surface area contributed by atoms with Crippen molar-refractivity contribution in [3.8, 4) is 0 Å². The molecule has 0 radical (unpaired) electrons. The number of piperidine rings is 1. The van der Waals surface area contributed by atoms with Gasteiger partial charge in [-0.05, 0) is 67.7 Å². The summed E-state index contributed by atoms with van der Waals surface area (Å²) in [5.74, 6) is -0.246. The summed E-state index contributed by atoms with van der Waals surface area (Å²) in [6, 6.07) is 15.8. The van der Waals surface area contributed by atoms with Gasteiger partial charge in [-0.15, -0.1) is 0 Å². The average Bonchev–Trinajstić information content (AvgIpc) is 3.57. The molecule has 2 aromatic carbocycles. The van der Waals surface area contributed by atoms with E-state index in [0.29, 0.717) is 19.6 Å². The molecule has 0 saturated carbocycles. The molecule has 1 saturated heterocycles. The van der Waals surface area contributed by atoms with Crippen LogP contribution >= 0.6 is 0 Å². The summed E-state index contributed by atoms with van der Waals surface area (Å²) in [6.07, 6.45) is 6.89. The van der Waals surface area contributed by atoms with Gasteiger partial charge < -0.3 is 31.2 Å². The summed E-state index contributed by atoms with van der Waals surface area (Å²) in [6.45, 7) is 7.44. The number of aromatic nitrogens is 1. The fourth-order valence-corrected chi connectivity index (χ4v) is 6.19. The molecule has 5 N–H and O–H groups in total. The molecule has 3 aromatic rings. The van der Waals surface area contributed by atoms with Crippen LogP contribution in [0.2, 0.25) is 0 Å². The molecular formula is C33H46N6O3. The molecule has 1 unspecified atom stereocenters. The minimum atomic E-state index is -0.690. The van der Waals surface area contributed by atoms with Crippen molar-refractivity contribution in [2.45, 2.75) is 69.4 Å². The largest absolute Gasteiger partial charge is 0.361 e. The van der Waals surface area contributed by atoms with Crippen LogP contribution in [-0.2, 0) is 21.4 Å². The third-order valence-corrected chi connectivity index (χ3v) is 8.57. The van der Waals surface area contributed by atoms with Crippen LogP contribution in [0.1, 0.15) is 62.6 Å². The van der Waals surface area contributed by atoms with E-state index in [1.54, 1.807) is 14.1 Å². The standard InChI is InChI=1S/C30H39N5O2.C3H7NO/c1-20(23-18-32-25-11-7-5-9-22(23)25)26(34-28(37)33-19-29(2,3)31)27(36)35-16-14-30(15-17-35)13-12-21-8-4-6-10-24(21)30;1-4(2)3-5/h4-11,18,20,26,32H,12-17,19,31H2,1-3H3,(H2,33,34,37);3H,1-2H3/t20-,26?;/m1./s1. The first-order chi connectivity index (χ1) is 19.9. The van der Waals surface area contributed by atoms with Crippen molar-refractivity contribution < 1.29 is 14.4 Å². The van der Waals surface area contributed by atoms with Gasteiger partial charge in [0.1, 0.15) is 6.04 Å². The Morgan fingerprint density at radius 1 is 1.10 bits per heavy atom. The second-order valence-corrected chi connectivity index (χ2v) is 12.7. The highest BCUT2D eigenvalue weighted by Gasteiger charge is 2.43. The van der Waals surface area contributed by atoms with Crippen LogP contribution in [0.15, 0.2) is 54.7 Å². The van der Waals surface area contributed by atoms with E-state index in [-0.39, 0.29) is 23.3 Å². The van der Waals surface area contributed by atoms with E-state index >= 15 is 0 Å². The van der Waals surface area contributed by atoms with Gasteiger partial charge >= 0.3 is 6.03 Å². The van der Waals surface area contributed by atoms with Gasteiger partial charge in [0.25, 0.3) is 0 Å². The number of nitrogens with two attached hydrogens (primary N) is 1. The number of aryl methyl sites for hydroxylation is 1. The molecule has 1 aromatic heterocycles.